The first kappa shape index (κ1) is 17.4. The Morgan fingerprint density at radius 3 is 2.33 bits per heavy atom. The van der Waals surface area contributed by atoms with E-state index in [0.29, 0.717) is 23.1 Å². The van der Waals surface area contributed by atoms with Gasteiger partial charge in [0.05, 0.1) is 6.04 Å². The van der Waals surface area contributed by atoms with Crippen LogP contribution in [0.25, 0.3) is 0 Å². The third kappa shape index (κ3) is 3.76. The van der Waals surface area contributed by atoms with E-state index in [-0.39, 0.29) is 12.1 Å². The van der Waals surface area contributed by atoms with Crippen LogP contribution in [0.2, 0.25) is 5.02 Å². The van der Waals surface area contributed by atoms with Gasteiger partial charge in [-0.2, -0.15) is 0 Å². The maximum absolute atomic E-state index is 12.4. The first-order chi connectivity index (χ1) is 13.1. The number of hydrogen-bond donors (Lipinski definition) is 1. The van der Waals surface area contributed by atoms with Gasteiger partial charge in [0, 0.05) is 17.3 Å². The van der Waals surface area contributed by atoms with E-state index in [9.17, 15) is 4.79 Å². The van der Waals surface area contributed by atoms with Crippen molar-refractivity contribution in [3.8, 4) is 11.5 Å². The van der Waals surface area contributed by atoms with Gasteiger partial charge in [-0.05, 0) is 61.0 Å². The lowest BCUT2D eigenvalue weighted by Gasteiger charge is -2.24. The Balaban J connectivity index is 1.56. The van der Waals surface area contributed by atoms with Crippen LogP contribution in [0.3, 0.4) is 0 Å². The molecular formula is C22H19ClN2O2. The van der Waals surface area contributed by atoms with Gasteiger partial charge in [0.1, 0.15) is 11.5 Å². The number of urea groups is 1. The van der Waals surface area contributed by atoms with Crippen molar-refractivity contribution in [3.05, 3.63) is 88.9 Å². The zero-order valence-corrected chi connectivity index (χ0v) is 15.6. The van der Waals surface area contributed by atoms with E-state index < -0.39 is 0 Å². The molecule has 0 aliphatic carbocycles. The van der Waals surface area contributed by atoms with E-state index >= 15 is 0 Å². The number of benzene rings is 3. The number of anilines is 1. The number of nitrogens with one attached hydrogen (secondary N) is 1. The number of rotatable bonds is 4. The van der Waals surface area contributed by atoms with Crippen molar-refractivity contribution in [2.24, 2.45) is 0 Å². The van der Waals surface area contributed by atoms with Crippen molar-refractivity contribution >= 4 is 23.3 Å². The highest BCUT2D eigenvalue weighted by molar-refractivity contribution is 6.30. The smallest absolute Gasteiger partial charge is 0.322 e. The number of ether oxygens (including phenoxy) is 1. The minimum absolute atomic E-state index is 0.0274. The minimum atomic E-state index is -0.0899. The average Bonchev–Trinajstić information content (AvgIpc) is 3.06. The summed E-state index contributed by atoms with van der Waals surface area (Å²) in [7, 11) is 0. The topological polar surface area (TPSA) is 41.6 Å². The van der Waals surface area contributed by atoms with Gasteiger partial charge in [-0.1, -0.05) is 41.4 Å². The molecule has 3 aromatic carbocycles. The molecule has 2 amide bonds. The molecule has 5 heteroatoms. The Morgan fingerprint density at radius 1 is 1.00 bits per heavy atom. The summed E-state index contributed by atoms with van der Waals surface area (Å²) >= 11 is 5.90. The molecule has 1 aliphatic rings. The summed E-state index contributed by atoms with van der Waals surface area (Å²) < 4.78 is 5.83. The Hall–Kier alpha value is -2.98. The Bertz CT molecular complexity index is 955. The van der Waals surface area contributed by atoms with Gasteiger partial charge in [0.25, 0.3) is 0 Å². The summed E-state index contributed by atoms with van der Waals surface area (Å²) in [4.78, 5) is 14.2. The van der Waals surface area contributed by atoms with Crippen molar-refractivity contribution in [1.82, 2.24) is 5.32 Å². The highest BCUT2D eigenvalue weighted by atomic mass is 35.5. The van der Waals surface area contributed by atoms with E-state index in [1.807, 2.05) is 42.5 Å². The molecule has 136 valence electrons. The minimum Gasteiger partial charge on any atom is -0.457 e. The Morgan fingerprint density at radius 2 is 1.67 bits per heavy atom. The zero-order chi connectivity index (χ0) is 18.8. The van der Waals surface area contributed by atoms with Gasteiger partial charge in [-0.15, -0.1) is 0 Å². The van der Waals surface area contributed by atoms with Crippen LogP contribution in [0.1, 0.15) is 17.2 Å². The molecular weight excluding hydrogens is 360 g/mol. The quantitative estimate of drug-likeness (QED) is 0.631. The molecule has 1 atom stereocenters. The van der Waals surface area contributed by atoms with Gasteiger partial charge in [-0.25, -0.2) is 4.79 Å². The predicted octanol–water partition coefficient (Wildman–Crippen LogP) is 5.71. The van der Waals surface area contributed by atoms with Gasteiger partial charge in [0.15, 0.2) is 0 Å². The van der Waals surface area contributed by atoms with Gasteiger partial charge >= 0.3 is 6.03 Å². The van der Waals surface area contributed by atoms with Crippen molar-refractivity contribution in [2.75, 3.05) is 11.4 Å². The molecule has 1 heterocycles. The van der Waals surface area contributed by atoms with Crippen molar-refractivity contribution in [2.45, 2.75) is 13.0 Å². The lowest BCUT2D eigenvalue weighted by Crippen LogP contribution is -2.29. The van der Waals surface area contributed by atoms with Crippen LogP contribution in [0.5, 0.6) is 11.5 Å². The van der Waals surface area contributed by atoms with E-state index in [1.165, 1.54) is 5.56 Å². The summed E-state index contributed by atoms with van der Waals surface area (Å²) in [5, 5.41) is 3.61. The molecule has 0 radical (unpaired) electrons. The van der Waals surface area contributed by atoms with E-state index in [2.05, 4.69) is 30.4 Å². The fraction of sp³-hybridized carbons (Fsp3) is 0.136. The van der Waals surface area contributed by atoms with Crippen LogP contribution in [-0.2, 0) is 0 Å². The molecule has 1 aliphatic heterocycles. The third-order valence-electron chi connectivity index (χ3n) is 4.57. The predicted molar refractivity (Wildman–Crippen MR) is 108 cm³/mol. The lowest BCUT2D eigenvalue weighted by atomic mass is 10.0. The molecule has 0 unspecified atom stereocenters. The van der Waals surface area contributed by atoms with E-state index in [4.69, 9.17) is 16.3 Å². The number of hydrogen-bond acceptors (Lipinski definition) is 2. The molecule has 3 aromatic rings. The first-order valence-corrected chi connectivity index (χ1v) is 9.15. The highest BCUT2D eigenvalue weighted by Gasteiger charge is 2.33. The highest BCUT2D eigenvalue weighted by Crippen LogP contribution is 2.33. The molecule has 1 fully saturated rings. The van der Waals surface area contributed by atoms with Crippen molar-refractivity contribution < 1.29 is 9.53 Å². The van der Waals surface area contributed by atoms with Crippen LogP contribution in [0, 0.1) is 6.92 Å². The average molecular weight is 379 g/mol. The number of amides is 2. The second-order valence-electron chi connectivity index (χ2n) is 6.54. The molecule has 0 saturated carbocycles. The van der Waals surface area contributed by atoms with E-state index in [1.54, 1.807) is 17.0 Å². The van der Waals surface area contributed by atoms with Crippen LogP contribution in [-0.4, -0.2) is 12.6 Å². The monoisotopic (exact) mass is 378 g/mol. The summed E-state index contributed by atoms with van der Waals surface area (Å²) in [6.45, 7) is 2.65. The number of carbonyl (C=O) groups excluding carboxylic acids is 1. The van der Waals surface area contributed by atoms with Crippen molar-refractivity contribution in [3.63, 3.8) is 0 Å². The number of nitrogens with zero attached hydrogens (tertiary/aromatic N) is 1. The molecule has 0 spiro atoms. The molecule has 0 aromatic heterocycles. The van der Waals surface area contributed by atoms with Gasteiger partial charge in [-0.3, -0.25) is 4.90 Å². The number of halogens is 1. The zero-order valence-electron chi connectivity index (χ0n) is 14.9. The summed E-state index contributed by atoms with van der Waals surface area (Å²) in [5.74, 6) is 1.41. The van der Waals surface area contributed by atoms with Crippen LogP contribution < -0.4 is 15.0 Å². The number of aryl methyl sites for hydroxylation is 1. The van der Waals surface area contributed by atoms with Crippen LogP contribution in [0.4, 0.5) is 10.5 Å². The third-order valence-corrected chi connectivity index (χ3v) is 4.82. The largest absolute Gasteiger partial charge is 0.457 e. The summed E-state index contributed by atoms with van der Waals surface area (Å²) in [6, 6.07) is 22.9. The SMILES string of the molecule is Cc1cccc([C@H]2CNC(=O)N2c2ccc(Oc3ccc(Cl)cc3)cc2)c1. The fourth-order valence-corrected chi connectivity index (χ4v) is 3.38. The number of carbonyl (C=O) groups is 1. The molecule has 4 nitrogen and oxygen atoms in total. The summed E-state index contributed by atoms with van der Waals surface area (Å²) in [6.07, 6.45) is 0. The normalized spacial score (nSPS) is 16.3. The summed E-state index contributed by atoms with van der Waals surface area (Å²) in [5.41, 5.74) is 3.13. The second kappa shape index (κ2) is 7.33. The van der Waals surface area contributed by atoms with Crippen molar-refractivity contribution in [1.29, 1.82) is 0 Å². The van der Waals surface area contributed by atoms with Crippen LogP contribution in [0.15, 0.2) is 72.8 Å². The molecule has 1 saturated heterocycles. The maximum atomic E-state index is 12.4. The Kier molecular flexibility index (Phi) is 4.73. The van der Waals surface area contributed by atoms with Gasteiger partial charge < -0.3 is 10.1 Å². The molecule has 27 heavy (non-hydrogen) atoms. The first-order valence-electron chi connectivity index (χ1n) is 8.77. The lowest BCUT2D eigenvalue weighted by molar-refractivity contribution is 0.251. The standard InChI is InChI=1S/C22H19ClN2O2/c1-15-3-2-4-16(13-15)21-14-24-22(26)25(21)18-7-11-20(12-8-18)27-19-9-5-17(23)6-10-19/h2-13,21H,14H2,1H3,(H,24,26)/t21-/m1/s1. The van der Waals surface area contributed by atoms with E-state index in [0.717, 1.165) is 11.3 Å². The maximum Gasteiger partial charge on any atom is 0.322 e. The van der Waals surface area contributed by atoms with Crippen LogP contribution >= 0.6 is 11.6 Å². The molecule has 1 N–H and O–H groups in total. The van der Waals surface area contributed by atoms with Gasteiger partial charge in [0.2, 0.25) is 0 Å². The molecule has 4 rings (SSSR count). The second-order valence-corrected chi connectivity index (χ2v) is 6.97. The fourth-order valence-electron chi connectivity index (χ4n) is 3.26. The Labute approximate surface area is 163 Å². The molecule has 0 bridgehead atoms.